The van der Waals surface area contributed by atoms with Crippen LogP contribution in [0.1, 0.15) is 24.2 Å². The standard InChI is InChI=1S/C19H20Cl2N2O4/c1-12(2)10-26-15-6-3-13(4-7-15)19(25)23-22-18(24)11-27-17-8-5-14(20)9-16(17)21/h3-9,12H,10-11H2,1-2H3,(H,22,24)(H,23,25). The highest BCUT2D eigenvalue weighted by Crippen LogP contribution is 2.27. The summed E-state index contributed by atoms with van der Waals surface area (Å²) in [6, 6.07) is 11.3. The van der Waals surface area contributed by atoms with Gasteiger partial charge in [0.15, 0.2) is 6.61 Å². The smallest absolute Gasteiger partial charge is 0.276 e. The predicted molar refractivity (Wildman–Crippen MR) is 104 cm³/mol. The molecule has 8 heteroatoms. The van der Waals surface area contributed by atoms with Crippen LogP contribution >= 0.6 is 23.2 Å². The molecule has 0 aliphatic carbocycles. The second kappa shape index (κ2) is 10.0. The number of hydrogen-bond donors (Lipinski definition) is 2. The molecular weight excluding hydrogens is 391 g/mol. The van der Waals surface area contributed by atoms with Gasteiger partial charge in [-0.15, -0.1) is 0 Å². The van der Waals surface area contributed by atoms with Gasteiger partial charge in [-0.2, -0.15) is 0 Å². The van der Waals surface area contributed by atoms with Gasteiger partial charge in [-0.25, -0.2) is 0 Å². The zero-order valence-corrected chi connectivity index (χ0v) is 16.4. The van der Waals surface area contributed by atoms with E-state index in [1.54, 1.807) is 36.4 Å². The topological polar surface area (TPSA) is 76.7 Å². The average Bonchev–Trinajstić information content (AvgIpc) is 2.64. The van der Waals surface area contributed by atoms with Gasteiger partial charge in [0.25, 0.3) is 11.8 Å². The lowest BCUT2D eigenvalue weighted by Crippen LogP contribution is -2.43. The summed E-state index contributed by atoms with van der Waals surface area (Å²) in [6.07, 6.45) is 0. The Morgan fingerprint density at radius 3 is 2.33 bits per heavy atom. The molecule has 0 aliphatic rings. The van der Waals surface area contributed by atoms with Crippen molar-refractivity contribution in [2.75, 3.05) is 13.2 Å². The average molecular weight is 411 g/mol. The van der Waals surface area contributed by atoms with Crippen LogP contribution in [0.2, 0.25) is 10.0 Å². The van der Waals surface area contributed by atoms with Crippen LogP contribution in [0, 0.1) is 5.92 Å². The number of hydrogen-bond acceptors (Lipinski definition) is 4. The Morgan fingerprint density at radius 2 is 1.70 bits per heavy atom. The molecule has 0 heterocycles. The molecule has 144 valence electrons. The van der Waals surface area contributed by atoms with E-state index >= 15 is 0 Å². The third-order valence-corrected chi connectivity index (χ3v) is 3.80. The van der Waals surface area contributed by atoms with E-state index in [4.69, 9.17) is 32.7 Å². The molecule has 2 rings (SSSR count). The largest absolute Gasteiger partial charge is 0.493 e. The van der Waals surface area contributed by atoms with Gasteiger partial charge in [-0.05, 0) is 48.4 Å². The lowest BCUT2D eigenvalue weighted by atomic mass is 10.2. The van der Waals surface area contributed by atoms with Crippen LogP contribution in [-0.2, 0) is 4.79 Å². The Morgan fingerprint density at radius 1 is 1.00 bits per heavy atom. The number of hydrazine groups is 1. The van der Waals surface area contributed by atoms with Crippen LogP contribution in [0.4, 0.5) is 0 Å². The van der Waals surface area contributed by atoms with Gasteiger partial charge in [0, 0.05) is 10.6 Å². The van der Waals surface area contributed by atoms with Gasteiger partial charge in [0.2, 0.25) is 0 Å². The van der Waals surface area contributed by atoms with Gasteiger partial charge in [-0.1, -0.05) is 37.0 Å². The minimum atomic E-state index is -0.536. The van der Waals surface area contributed by atoms with Crippen LogP contribution in [0.25, 0.3) is 0 Å². The van der Waals surface area contributed by atoms with Crippen LogP contribution in [0.5, 0.6) is 11.5 Å². The maximum Gasteiger partial charge on any atom is 0.276 e. The maximum absolute atomic E-state index is 12.0. The van der Waals surface area contributed by atoms with E-state index in [1.807, 2.05) is 0 Å². The minimum absolute atomic E-state index is 0.291. The minimum Gasteiger partial charge on any atom is -0.493 e. The molecule has 0 spiro atoms. The highest BCUT2D eigenvalue weighted by molar-refractivity contribution is 6.35. The Labute approximate surface area is 167 Å². The fourth-order valence-electron chi connectivity index (χ4n) is 1.94. The molecule has 27 heavy (non-hydrogen) atoms. The molecule has 2 aromatic rings. The second-order valence-corrected chi connectivity index (χ2v) is 6.94. The van der Waals surface area contributed by atoms with E-state index in [0.29, 0.717) is 39.6 Å². The zero-order chi connectivity index (χ0) is 19.8. The SMILES string of the molecule is CC(C)COc1ccc(C(=O)NNC(=O)COc2ccc(Cl)cc2Cl)cc1. The van der Waals surface area contributed by atoms with Crippen molar-refractivity contribution in [1.29, 1.82) is 0 Å². The van der Waals surface area contributed by atoms with Crippen molar-refractivity contribution in [2.45, 2.75) is 13.8 Å². The van der Waals surface area contributed by atoms with Crippen molar-refractivity contribution in [2.24, 2.45) is 5.92 Å². The van der Waals surface area contributed by atoms with E-state index in [-0.39, 0.29) is 6.61 Å². The number of rotatable bonds is 7. The van der Waals surface area contributed by atoms with Crippen molar-refractivity contribution in [1.82, 2.24) is 10.9 Å². The second-order valence-electron chi connectivity index (χ2n) is 6.09. The molecule has 2 amide bonds. The van der Waals surface area contributed by atoms with Crippen LogP contribution in [0.3, 0.4) is 0 Å². The van der Waals surface area contributed by atoms with Crippen molar-refractivity contribution in [3.8, 4) is 11.5 Å². The predicted octanol–water partition coefficient (Wildman–Crippen LogP) is 3.87. The quantitative estimate of drug-likeness (QED) is 0.679. The Kier molecular flexibility index (Phi) is 7.76. The molecule has 0 fully saturated rings. The van der Waals surface area contributed by atoms with Crippen molar-refractivity contribution < 1.29 is 19.1 Å². The molecule has 0 saturated carbocycles. The number of ether oxygens (including phenoxy) is 2. The Balaban J connectivity index is 1.78. The van der Waals surface area contributed by atoms with Crippen molar-refractivity contribution >= 4 is 35.0 Å². The van der Waals surface area contributed by atoms with E-state index in [9.17, 15) is 9.59 Å². The highest BCUT2D eigenvalue weighted by Gasteiger charge is 2.10. The molecule has 0 bridgehead atoms. The lowest BCUT2D eigenvalue weighted by molar-refractivity contribution is -0.123. The van der Waals surface area contributed by atoms with Gasteiger partial charge in [0.1, 0.15) is 11.5 Å². The summed E-state index contributed by atoms with van der Waals surface area (Å²) in [7, 11) is 0. The number of carbonyl (C=O) groups excluding carboxylic acids is 2. The molecule has 6 nitrogen and oxygen atoms in total. The molecular formula is C19H20Cl2N2O4. The molecule has 0 aliphatic heterocycles. The summed E-state index contributed by atoms with van der Waals surface area (Å²) < 4.78 is 10.8. The summed E-state index contributed by atoms with van der Waals surface area (Å²) in [4.78, 5) is 23.8. The van der Waals surface area contributed by atoms with Crippen LogP contribution < -0.4 is 20.3 Å². The zero-order valence-electron chi connectivity index (χ0n) is 14.9. The summed E-state index contributed by atoms with van der Waals surface area (Å²) in [5.41, 5.74) is 4.97. The normalized spacial score (nSPS) is 10.4. The molecule has 0 saturated heterocycles. The first kappa shape index (κ1) is 20.9. The first-order valence-corrected chi connectivity index (χ1v) is 9.00. The van der Waals surface area contributed by atoms with Gasteiger partial charge in [0.05, 0.1) is 11.6 Å². The molecule has 0 aromatic heterocycles. The molecule has 0 unspecified atom stereocenters. The number of halogens is 2. The molecule has 2 aromatic carbocycles. The van der Waals surface area contributed by atoms with E-state index < -0.39 is 11.8 Å². The number of nitrogens with one attached hydrogen (secondary N) is 2. The fraction of sp³-hybridized carbons (Fsp3) is 0.263. The third kappa shape index (κ3) is 7.00. The lowest BCUT2D eigenvalue weighted by Gasteiger charge is -2.11. The van der Waals surface area contributed by atoms with Crippen LogP contribution in [-0.4, -0.2) is 25.0 Å². The van der Waals surface area contributed by atoms with Gasteiger partial charge in [-0.3, -0.25) is 20.4 Å². The number of benzene rings is 2. The van der Waals surface area contributed by atoms with Gasteiger partial charge < -0.3 is 9.47 Å². The molecule has 0 atom stereocenters. The first-order chi connectivity index (χ1) is 12.8. The Hall–Kier alpha value is -2.44. The van der Waals surface area contributed by atoms with E-state index in [0.717, 1.165) is 0 Å². The van der Waals surface area contributed by atoms with Crippen molar-refractivity contribution in [3.63, 3.8) is 0 Å². The summed E-state index contributed by atoms with van der Waals surface area (Å²) in [5.74, 6) is 0.416. The monoisotopic (exact) mass is 410 g/mol. The Bertz CT molecular complexity index is 795. The van der Waals surface area contributed by atoms with E-state index in [1.165, 1.54) is 6.07 Å². The fourth-order valence-corrected chi connectivity index (χ4v) is 2.40. The van der Waals surface area contributed by atoms with Crippen molar-refractivity contribution in [3.05, 3.63) is 58.1 Å². The molecule has 2 N–H and O–H groups in total. The summed E-state index contributed by atoms with van der Waals surface area (Å²) >= 11 is 11.7. The molecule has 0 radical (unpaired) electrons. The van der Waals surface area contributed by atoms with Gasteiger partial charge >= 0.3 is 0 Å². The van der Waals surface area contributed by atoms with Crippen LogP contribution in [0.15, 0.2) is 42.5 Å². The highest BCUT2D eigenvalue weighted by atomic mass is 35.5. The summed E-state index contributed by atoms with van der Waals surface area (Å²) in [6.45, 7) is 4.38. The number of carbonyl (C=O) groups is 2. The number of amides is 2. The third-order valence-electron chi connectivity index (χ3n) is 3.27. The van der Waals surface area contributed by atoms with E-state index in [2.05, 4.69) is 24.7 Å². The summed E-state index contributed by atoms with van der Waals surface area (Å²) in [5, 5.41) is 0.754. The maximum atomic E-state index is 12.0. The first-order valence-electron chi connectivity index (χ1n) is 8.25.